The minimum Gasteiger partial charge on any atom is -0.423 e. The number of hydrogen-bond donors (Lipinski definition) is 1. The van der Waals surface area contributed by atoms with Crippen LogP contribution >= 0.6 is 0 Å². The number of ether oxygens (including phenoxy) is 1. The van der Waals surface area contributed by atoms with Crippen molar-refractivity contribution in [3.05, 3.63) is 101 Å². The molecule has 27 heavy (non-hydrogen) atoms. The van der Waals surface area contributed by atoms with Gasteiger partial charge in [0.15, 0.2) is 0 Å². The van der Waals surface area contributed by atoms with Gasteiger partial charge in [0.2, 0.25) is 0 Å². The Morgan fingerprint density at radius 3 is 1.93 bits per heavy atom. The lowest BCUT2D eigenvalue weighted by Crippen LogP contribution is -2.23. The topological polar surface area (TPSA) is 55.4 Å². The van der Waals surface area contributed by atoms with Crippen molar-refractivity contribution in [3.8, 4) is 5.75 Å². The summed E-state index contributed by atoms with van der Waals surface area (Å²) in [6.07, 6.45) is 0. The predicted molar refractivity (Wildman–Crippen MR) is 105 cm³/mol. The van der Waals surface area contributed by atoms with E-state index < -0.39 is 0 Å². The molecule has 0 bridgehead atoms. The molecule has 0 heterocycles. The number of rotatable bonds is 5. The van der Waals surface area contributed by atoms with Crippen LogP contribution in [-0.4, -0.2) is 11.9 Å². The van der Waals surface area contributed by atoms with E-state index in [0.717, 1.165) is 16.7 Å². The third-order valence-electron chi connectivity index (χ3n) is 4.34. The number of hydrogen-bond acceptors (Lipinski definition) is 3. The van der Waals surface area contributed by atoms with Gasteiger partial charge >= 0.3 is 5.97 Å². The summed E-state index contributed by atoms with van der Waals surface area (Å²) >= 11 is 0. The Kier molecular flexibility index (Phi) is 5.67. The number of nitrogens with one attached hydrogen (secondary N) is 1. The van der Waals surface area contributed by atoms with E-state index in [1.165, 1.54) is 0 Å². The van der Waals surface area contributed by atoms with Crippen LogP contribution in [0.2, 0.25) is 0 Å². The second-order valence-electron chi connectivity index (χ2n) is 6.35. The lowest BCUT2D eigenvalue weighted by molar-refractivity contribution is 0.0733. The summed E-state index contributed by atoms with van der Waals surface area (Å²) in [4.78, 5) is 24.5. The SMILES string of the molecule is Cc1ccccc1C(=O)NCc1ccc(OC(=O)c2ccccc2C)cc1. The van der Waals surface area contributed by atoms with Crippen molar-refractivity contribution in [1.29, 1.82) is 0 Å². The fraction of sp³-hybridized carbons (Fsp3) is 0.130. The van der Waals surface area contributed by atoms with Crippen LogP contribution in [0.1, 0.15) is 37.4 Å². The van der Waals surface area contributed by atoms with Crippen molar-refractivity contribution in [1.82, 2.24) is 5.32 Å². The molecule has 3 rings (SSSR count). The lowest BCUT2D eigenvalue weighted by atomic mass is 10.1. The van der Waals surface area contributed by atoms with Gasteiger partial charge in [0.05, 0.1) is 5.56 Å². The quantitative estimate of drug-likeness (QED) is 0.541. The summed E-state index contributed by atoms with van der Waals surface area (Å²) in [6.45, 7) is 4.18. The molecule has 0 aromatic heterocycles. The smallest absolute Gasteiger partial charge is 0.343 e. The third kappa shape index (κ3) is 4.61. The van der Waals surface area contributed by atoms with Gasteiger partial charge in [-0.15, -0.1) is 0 Å². The highest BCUT2D eigenvalue weighted by molar-refractivity contribution is 5.95. The van der Waals surface area contributed by atoms with E-state index >= 15 is 0 Å². The lowest BCUT2D eigenvalue weighted by Gasteiger charge is -2.09. The molecular formula is C23H21NO3. The highest BCUT2D eigenvalue weighted by Gasteiger charge is 2.11. The summed E-state index contributed by atoms with van der Waals surface area (Å²) in [5, 5.41) is 2.90. The highest BCUT2D eigenvalue weighted by atomic mass is 16.5. The molecule has 4 heteroatoms. The van der Waals surface area contributed by atoms with Gasteiger partial charge in [-0.1, -0.05) is 48.5 Å². The third-order valence-corrected chi connectivity index (χ3v) is 4.34. The van der Waals surface area contributed by atoms with E-state index in [4.69, 9.17) is 4.74 Å². The molecule has 136 valence electrons. The molecular weight excluding hydrogens is 338 g/mol. The number of aryl methyl sites for hydroxylation is 2. The molecule has 0 aliphatic carbocycles. The van der Waals surface area contributed by atoms with Crippen LogP contribution in [0.25, 0.3) is 0 Å². The predicted octanol–water partition coefficient (Wildman–Crippen LogP) is 4.45. The van der Waals surface area contributed by atoms with Crippen LogP contribution in [0.15, 0.2) is 72.8 Å². The molecule has 0 atom stereocenters. The number of esters is 1. The Morgan fingerprint density at radius 1 is 0.778 bits per heavy atom. The van der Waals surface area contributed by atoms with Crippen LogP contribution in [0, 0.1) is 13.8 Å². The molecule has 0 saturated heterocycles. The van der Waals surface area contributed by atoms with Gasteiger partial charge in [-0.05, 0) is 54.8 Å². The Labute approximate surface area is 158 Å². The molecule has 3 aromatic carbocycles. The first-order chi connectivity index (χ1) is 13.0. The summed E-state index contributed by atoms with van der Waals surface area (Å²) < 4.78 is 5.42. The van der Waals surface area contributed by atoms with Gasteiger partial charge in [0.1, 0.15) is 5.75 Å². The van der Waals surface area contributed by atoms with Gasteiger partial charge in [-0.25, -0.2) is 4.79 Å². The van der Waals surface area contributed by atoms with E-state index in [1.54, 1.807) is 24.3 Å². The first-order valence-corrected chi connectivity index (χ1v) is 8.75. The molecule has 0 unspecified atom stereocenters. The molecule has 0 fully saturated rings. The van der Waals surface area contributed by atoms with Crippen LogP contribution in [0.3, 0.4) is 0 Å². The van der Waals surface area contributed by atoms with Gasteiger partial charge in [0, 0.05) is 12.1 Å². The molecule has 0 saturated carbocycles. The summed E-state index contributed by atoms with van der Waals surface area (Å²) in [5.74, 6) is -0.0194. The Balaban J connectivity index is 1.59. The van der Waals surface area contributed by atoms with Gasteiger partial charge in [-0.3, -0.25) is 4.79 Å². The number of carbonyl (C=O) groups excluding carboxylic acids is 2. The zero-order chi connectivity index (χ0) is 19.2. The van der Waals surface area contributed by atoms with Crippen LogP contribution in [0.5, 0.6) is 5.75 Å². The van der Waals surface area contributed by atoms with Crippen LogP contribution in [-0.2, 0) is 6.54 Å². The van der Waals surface area contributed by atoms with E-state index in [2.05, 4.69) is 5.32 Å². The van der Waals surface area contributed by atoms with Crippen molar-refractivity contribution in [2.45, 2.75) is 20.4 Å². The van der Waals surface area contributed by atoms with Gasteiger partial charge in [0.25, 0.3) is 5.91 Å². The fourth-order valence-electron chi connectivity index (χ4n) is 2.74. The second-order valence-corrected chi connectivity index (χ2v) is 6.35. The summed E-state index contributed by atoms with van der Waals surface area (Å²) in [7, 11) is 0. The normalized spacial score (nSPS) is 10.3. The van der Waals surface area contributed by atoms with Crippen molar-refractivity contribution in [2.75, 3.05) is 0 Å². The van der Waals surface area contributed by atoms with Crippen LogP contribution < -0.4 is 10.1 Å². The summed E-state index contributed by atoms with van der Waals surface area (Å²) in [6, 6.07) is 21.9. The first-order valence-electron chi connectivity index (χ1n) is 8.75. The average molecular weight is 359 g/mol. The molecule has 0 aliphatic rings. The zero-order valence-corrected chi connectivity index (χ0v) is 15.4. The monoisotopic (exact) mass is 359 g/mol. The molecule has 0 spiro atoms. The minimum absolute atomic E-state index is 0.108. The second kappa shape index (κ2) is 8.32. The van der Waals surface area contributed by atoms with Crippen molar-refractivity contribution >= 4 is 11.9 Å². The largest absolute Gasteiger partial charge is 0.423 e. The van der Waals surface area contributed by atoms with Gasteiger partial charge < -0.3 is 10.1 Å². The maximum Gasteiger partial charge on any atom is 0.343 e. The van der Waals surface area contributed by atoms with E-state index in [-0.39, 0.29) is 11.9 Å². The number of carbonyl (C=O) groups is 2. The fourth-order valence-corrected chi connectivity index (χ4v) is 2.74. The van der Waals surface area contributed by atoms with Gasteiger partial charge in [-0.2, -0.15) is 0 Å². The number of amides is 1. The zero-order valence-electron chi connectivity index (χ0n) is 15.4. The minimum atomic E-state index is -0.381. The Hall–Kier alpha value is -3.40. The first kappa shape index (κ1) is 18.4. The Bertz CT molecular complexity index is 961. The standard InChI is InChI=1S/C23H21NO3/c1-16-7-3-5-9-20(16)22(25)24-15-18-11-13-19(14-12-18)27-23(26)21-10-6-4-8-17(21)2/h3-14H,15H2,1-2H3,(H,24,25). The molecule has 0 radical (unpaired) electrons. The highest BCUT2D eigenvalue weighted by Crippen LogP contribution is 2.16. The summed E-state index contributed by atoms with van der Waals surface area (Å²) in [5.41, 5.74) is 3.95. The van der Waals surface area contributed by atoms with Crippen molar-refractivity contribution in [2.24, 2.45) is 0 Å². The molecule has 0 aliphatic heterocycles. The molecule has 1 N–H and O–H groups in total. The average Bonchev–Trinajstić information content (AvgIpc) is 2.68. The molecule has 3 aromatic rings. The number of benzene rings is 3. The van der Waals surface area contributed by atoms with E-state index in [0.29, 0.717) is 23.4 Å². The van der Waals surface area contributed by atoms with Crippen LogP contribution in [0.4, 0.5) is 0 Å². The molecule has 1 amide bonds. The van der Waals surface area contributed by atoms with E-state index in [9.17, 15) is 9.59 Å². The van der Waals surface area contributed by atoms with E-state index in [1.807, 2.05) is 62.4 Å². The van der Waals surface area contributed by atoms with Crippen molar-refractivity contribution < 1.29 is 14.3 Å². The maximum absolute atomic E-state index is 12.3. The molecule has 4 nitrogen and oxygen atoms in total. The Morgan fingerprint density at radius 2 is 1.33 bits per heavy atom. The van der Waals surface area contributed by atoms with Crippen molar-refractivity contribution in [3.63, 3.8) is 0 Å². The maximum atomic E-state index is 12.3.